The molecule has 1 saturated heterocycles. The highest BCUT2D eigenvalue weighted by atomic mass is 32.2. The molecule has 1 fully saturated rings. The Morgan fingerprint density at radius 1 is 1.06 bits per heavy atom. The molecule has 172 valence electrons. The maximum atomic E-state index is 12.8. The van der Waals surface area contributed by atoms with E-state index >= 15 is 0 Å². The Morgan fingerprint density at radius 2 is 1.79 bits per heavy atom. The number of nitrogens with zero attached hydrogens (tertiary/aromatic N) is 1. The predicted octanol–water partition coefficient (Wildman–Crippen LogP) is 5.72. The Bertz CT molecular complexity index is 1250. The van der Waals surface area contributed by atoms with Crippen LogP contribution in [0.2, 0.25) is 0 Å². The van der Waals surface area contributed by atoms with E-state index in [-0.39, 0.29) is 18.4 Å². The quantitative estimate of drug-likeness (QED) is 0.340. The van der Waals surface area contributed by atoms with Gasteiger partial charge in [-0.3, -0.25) is 14.5 Å². The molecule has 0 aliphatic carbocycles. The summed E-state index contributed by atoms with van der Waals surface area (Å²) < 4.78 is 6.17. The minimum Gasteiger partial charge on any atom is -0.484 e. The topological polar surface area (TPSA) is 58.6 Å². The molecular formula is C27H24N2O3S2. The molecule has 3 aromatic carbocycles. The normalized spacial score (nSPS) is 14.5. The van der Waals surface area contributed by atoms with Gasteiger partial charge in [0.05, 0.1) is 11.4 Å². The monoisotopic (exact) mass is 488 g/mol. The number of anilines is 1. The Kier molecular flexibility index (Phi) is 7.45. The molecule has 0 radical (unpaired) electrons. The van der Waals surface area contributed by atoms with Crippen molar-refractivity contribution in [2.24, 2.45) is 0 Å². The van der Waals surface area contributed by atoms with Gasteiger partial charge >= 0.3 is 0 Å². The molecule has 0 atom stereocenters. The molecule has 5 nitrogen and oxygen atoms in total. The molecule has 1 aliphatic heterocycles. The standard InChI is InChI=1S/C27H24N2O3S2/c1-18-8-13-23(19(2)14-18)28-25(30)17-32-22-11-9-20(10-12-22)15-24-26(31)29(27(33)34-24)16-21-6-4-3-5-7-21/h3-15H,16-17H2,1-2H3,(H,28,30)/b24-15-. The zero-order valence-corrected chi connectivity index (χ0v) is 20.5. The Labute approximate surface area is 208 Å². The molecule has 2 amide bonds. The first-order valence-electron chi connectivity index (χ1n) is 10.8. The summed E-state index contributed by atoms with van der Waals surface area (Å²) in [4.78, 5) is 27.3. The van der Waals surface area contributed by atoms with E-state index in [1.54, 1.807) is 17.0 Å². The lowest BCUT2D eigenvalue weighted by Crippen LogP contribution is -2.27. The summed E-state index contributed by atoms with van der Waals surface area (Å²) in [7, 11) is 0. The van der Waals surface area contributed by atoms with Crippen molar-refractivity contribution >= 4 is 51.9 Å². The van der Waals surface area contributed by atoms with Crippen molar-refractivity contribution in [1.82, 2.24) is 4.90 Å². The minimum absolute atomic E-state index is 0.0925. The minimum atomic E-state index is -0.224. The van der Waals surface area contributed by atoms with E-state index in [9.17, 15) is 9.59 Å². The summed E-state index contributed by atoms with van der Waals surface area (Å²) in [6.07, 6.45) is 1.82. The van der Waals surface area contributed by atoms with Crippen molar-refractivity contribution in [3.63, 3.8) is 0 Å². The SMILES string of the molecule is Cc1ccc(NC(=O)COc2ccc(/C=C3\SC(=S)N(Cc4ccccc4)C3=O)cc2)c(C)c1. The molecule has 34 heavy (non-hydrogen) atoms. The third kappa shape index (κ3) is 5.92. The van der Waals surface area contributed by atoms with E-state index in [1.807, 2.05) is 80.6 Å². The lowest BCUT2D eigenvalue weighted by molar-refractivity contribution is -0.122. The van der Waals surface area contributed by atoms with Crippen molar-refractivity contribution < 1.29 is 14.3 Å². The number of benzene rings is 3. The van der Waals surface area contributed by atoms with Crippen LogP contribution in [0, 0.1) is 13.8 Å². The molecule has 0 saturated carbocycles. The van der Waals surface area contributed by atoms with Crippen LogP contribution in [0.4, 0.5) is 5.69 Å². The number of rotatable bonds is 7. The molecule has 3 aromatic rings. The van der Waals surface area contributed by atoms with E-state index in [4.69, 9.17) is 17.0 Å². The van der Waals surface area contributed by atoms with Gasteiger partial charge in [-0.05, 0) is 54.8 Å². The fourth-order valence-corrected chi connectivity index (χ4v) is 4.76. The number of thiocarbonyl (C=S) groups is 1. The second-order valence-corrected chi connectivity index (χ2v) is 9.65. The van der Waals surface area contributed by atoms with Crippen LogP contribution >= 0.6 is 24.0 Å². The highest BCUT2D eigenvalue weighted by Crippen LogP contribution is 2.33. The van der Waals surface area contributed by atoms with Gasteiger partial charge in [0, 0.05) is 5.69 Å². The molecule has 0 unspecified atom stereocenters. The van der Waals surface area contributed by atoms with E-state index < -0.39 is 0 Å². The fourth-order valence-electron chi connectivity index (χ4n) is 3.50. The van der Waals surface area contributed by atoms with E-state index in [2.05, 4.69) is 5.32 Å². The maximum absolute atomic E-state index is 12.8. The summed E-state index contributed by atoms with van der Waals surface area (Å²) in [5.74, 6) is 0.255. The number of nitrogens with one attached hydrogen (secondary N) is 1. The van der Waals surface area contributed by atoms with Crippen molar-refractivity contribution in [1.29, 1.82) is 0 Å². The molecule has 4 rings (SSSR count). The Morgan fingerprint density at radius 3 is 2.50 bits per heavy atom. The first-order valence-corrected chi connectivity index (χ1v) is 12.0. The molecule has 0 spiro atoms. The zero-order chi connectivity index (χ0) is 24.1. The number of hydrogen-bond donors (Lipinski definition) is 1. The lowest BCUT2D eigenvalue weighted by atomic mass is 10.1. The number of aryl methyl sites for hydroxylation is 2. The second-order valence-electron chi connectivity index (χ2n) is 7.98. The Hall–Kier alpha value is -3.42. The third-order valence-corrected chi connectivity index (χ3v) is 6.64. The molecule has 1 heterocycles. The highest BCUT2D eigenvalue weighted by Gasteiger charge is 2.31. The van der Waals surface area contributed by atoms with Crippen molar-refractivity contribution in [2.45, 2.75) is 20.4 Å². The molecule has 0 bridgehead atoms. The van der Waals surface area contributed by atoms with Gasteiger partial charge in [0.1, 0.15) is 10.1 Å². The van der Waals surface area contributed by atoms with Crippen LogP contribution in [0.3, 0.4) is 0 Å². The average Bonchev–Trinajstić information content (AvgIpc) is 3.08. The average molecular weight is 489 g/mol. The van der Waals surface area contributed by atoms with Gasteiger partial charge in [0.15, 0.2) is 6.61 Å². The predicted molar refractivity (Wildman–Crippen MR) is 142 cm³/mol. The summed E-state index contributed by atoms with van der Waals surface area (Å²) in [6.45, 7) is 4.33. The van der Waals surface area contributed by atoms with Gasteiger partial charge in [0.2, 0.25) is 0 Å². The lowest BCUT2D eigenvalue weighted by Gasteiger charge is -2.14. The number of carbonyl (C=O) groups excluding carboxylic acids is 2. The highest BCUT2D eigenvalue weighted by molar-refractivity contribution is 8.26. The van der Waals surface area contributed by atoms with Gasteiger partial charge < -0.3 is 10.1 Å². The van der Waals surface area contributed by atoms with Gasteiger partial charge in [0.25, 0.3) is 11.8 Å². The van der Waals surface area contributed by atoms with Crippen LogP contribution in [0.25, 0.3) is 6.08 Å². The maximum Gasteiger partial charge on any atom is 0.266 e. The fraction of sp³-hybridized carbons (Fsp3) is 0.148. The first kappa shape index (κ1) is 23.7. The number of thioether (sulfide) groups is 1. The summed E-state index contributed by atoms with van der Waals surface area (Å²) in [5.41, 5.74) is 4.81. The number of amides is 2. The molecule has 1 N–H and O–H groups in total. The molecular weight excluding hydrogens is 464 g/mol. The zero-order valence-electron chi connectivity index (χ0n) is 18.9. The van der Waals surface area contributed by atoms with Crippen molar-refractivity contribution in [3.05, 3.63) is 100.0 Å². The number of ether oxygens (including phenoxy) is 1. The van der Waals surface area contributed by atoms with Gasteiger partial charge in [-0.15, -0.1) is 0 Å². The van der Waals surface area contributed by atoms with Crippen molar-refractivity contribution in [3.8, 4) is 5.75 Å². The third-order valence-electron chi connectivity index (χ3n) is 5.26. The summed E-state index contributed by atoms with van der Waals surface area (Å²) in [6, 6.07) is 22.9. The number of hydrogen-bond acceptors (Lipinski definition) is 5. The van der Waals surface area contributed by atoms with Gasteiger partial charge in [-0.25, -0.2) is 0 Å². The van der Waals surface area contributed by atoms with Crippen LogP contribution < -0.4 is 10.1 Å². The molecule has 0 aromatic heterocycles. The number of carbonyl (C=O) groups is 2. The van der Waals surface area contributed by atoms with Crippen LogP contribution in [0.1, 0.15) is 22.3 Å². The second kappa shape index (κ2) is 10.7. The summed E-state index contributed by atoms with van der Waals surface area (Å²) >= 11 is 6.72. The van der Waals surface area contributed by atoms with E-state index in [1.165, 1.54) is 11.8 Å². The van der Waals surface area contributed by atoms with E-state index in [0.717, 1.165) is 27.9 Å². The largest absolute Gasteiger partial charge is 0.484 e. The van der Waals surface area contributed by atoms with Crippen LogP contribution in [-0.4, -0.2) is 27.6 Å². The van der Waals surface area contributed by atoms with Gasteiger partial charge in [-0.2, -0.15) is 0 Å². The van der Waals surface area contributed by atoms with Gasteiger partial charge in [-0.1, -0.05) is 84.1 Å². The first-order chi connectivity index (χ1) is 16.4. The van der Waals surface area contributed by atoms with Crippen LogP contribution in [0.15, 0.2) is 77.7 Å². The smallest absolute Gasteiger partial charge is 0.266 e. The van der Waals surface area contributed by atoms with E-state index in [0.29, 0.717) is 21.5 Å². The molecule has 1 aliphatic rings. The van der Waals surface area contributed by atoms with Crippen LogP contribution in [0.5, 0.6) is 5.75 Å². The van der Waals surface area contributed by atoms with Crippen LogP contribution in [-0.2, 0) is 16.1 Å². The molecule has 7 heteroatoms. The van der Waals surface area contributed by atoms with Crippen molar-refractivity contribution in [2.75, 3.05) is 11.9 Å². The Balaban J connectivity index is 1.33. The summed E-state index contributed by atoms with van der Waals surface area (Å²) in [5, 5.41) is 2.87.